The van der Waals surface area contributed by atoms with Crippen molar-refractivity contribution in [1.82, 2.24) is 10.1 Å². The van der Waals surface area contributed by atoms with E-state index in [1.807, 2.05) is 0 Å². The lowest BCUT2D eigenvalue weighted by Gasteiger charge is -2.08. The molecule has 1 aliphatic carbocycles. The van der Waals surface area contributed by atoms with Gasteiger partial charge in [-0.3, -0.25) is 4.72 Å². The number of sulfonamides is 1. The molecule has 1 heterocycles. The Bertz CT molecular complexity index is 946. The molecule has 0 spiro atoms. The highest BCUT2D eigenvalue weighted by atomic mass is 32.2. The first-order valence-electron chi connectivity index (χ1n) is 7.64. The van der Waals surface area contributed by atoms with Gasteiger partial charge in [0.15, 0.2) is 0 Å². The zero-order valence-electron chi connectivity index (χ0n) is 12.7. The first-order chi connectivity index (χ1) is 11.6. The van der Waals surface area contributed by atoms with E-state index in [4.69, 9.17) is 4.52 Å². The van der Waals surface area contributed by atoms with Crippen molar-refractivity contribution >= 4 is 15.7 Å². The fourth-order valence-corrected chi connectivity index (χ4v) is 3.43. The maximum Gasteiger partial charge on any atom is 0.261 e. The predicted molar refractivity (Wildman–Crippen MR) is 89.0 cm³/mol. The van der Waals surface area contributed by atoms with Gasteiger partial charge in [-0.05, 0) is 49.2 Å². The zero-order chi connectivity index (χ0) is 16.6. The van der Waals surface area contributed by atoms with Crippen LogP contribution in [-0.4, -0.2) is 18.6 Å². The molecule has 0 aliphatic heterocycles. The SMILES string of the molecule is O=S(=O)(Nc1ccc(-c2noc(C3CC3)n2)cc1)c1ccccc1. The summed E-state index contributed by atoms with van der Waals surface area (Å²) in [7, 11) is -3.59. The Labute approximate surface area is 139 Å². The summed E-state index contributed by atoms with van der Waals surface area (Å²) in [6.45, 7) is 0. The molecule has 0 amide bonds. The summed E-state index contributed by atoms with van der Waals surface area (Å²) in [5.74, 6) is 1.61. The van der Waals surface area contributed by atoms with Gasteiger partial charge in [0.25, 0.3) is 10.0 Å². The first-order valence-corrected chi connectivity index (χ1v) is 9.12. The fourth-order valence-electron chi connectivity index (χ4n) is 2.35. The Kier molecular flexibility index (Phi) is 3.57. The van der Waals surface area contributed by atoms with Crippen LogP contribution in [0.25, 0.3) is 11.4 Å². The summed E-state index contributed by atoms with van der Waals surface area (Å²) >= 11 is 0. The van der Waals surface area contributed by atoms with Gasteiger partial charge in [-0.1, -0.05) is 23.4 Å². The monoisotopic (exact) mass is 341 g/mol. The molecule has 0 radical (unpaired) electrons. The van der Waals surface area contributed by atoms with Crippen molar-refractivity contribution in [2.45, 2.75) is 23.7 Å². The van der Waals surface area contributed by atoms with Gasteiger partial charge in [0, 0.05) is 17.2 Å². The minimum absolute atomic E-state index is 0.223. The molecule has 0 unspecified atom stereocenters. The molecule has 1 fully saturated rings. The smallest absolute Gasteiger partial charge is 0.261 e. The van der Waals surface area contributed by atoms with E-state index in [9.17, 15) is 8.42 Å². The van der Waals surface area contributed by atoms with Crippen molar-refractivity contribution in [1.29, 1.82) is 0 Å². The van der Waals surface area contributed by atoms with Crippen LogP contribution in [0.2, 0.25) is 0 Å². The average Bonchev–Trinajstić information content (AvgIpc) is 3.33. The zero-order valence-corrected chi connectivity index (χ0v) is 13.5. The second kappa shape index (κ2) is 5.76. The lowest BCUT2D eigenvalue weighted by Crippen LogP contribution is -2.12. The van der Waals surface area contributed by atoms with Gasteiger partial charge in [0.05, 0.1) is 4.90 Å². The van der Waals surface area contributed by atoms with Gasteiger partial charge in [0.1, 0.15) is 0 Å². The first kappa shape index (κ1) is 14.9. The number of hydrogen-bond acceptors (Lipinski definition) is 5. The molecule has 24 heavy (non-hydrogen) atoms. The van der Waals surface area contributed by atoms with Crippen molar-refractivity contribution in [3.05, 3.63) is 60.5 Å². The predicted octanol–water partition coefficient (Wildman–Crippen LogP) is 3.41. The van der Waals surface area contributed by atoms with Crippen molar-refractivity contribution in [3.8, 4) is 11.4 Å². The van der Waals surface area contributed by atoms with Crippen molar-refractivity contribution in [3.63, 3.8) is 0 Å². The van der Waals surface area contributed by atoms with Gasteiger partial charge in [0.2, 0.25) is 11.7 Å². The topological polar surface area (TPSA) is 85.1 Å². The van der Waals surface area contributed by atoms with Crippen LogP contribution in [0.3, 0.4) is 0 Å². The summed E-state index contributed by atoms with van der Waals surface area (Å²) in [6.07, 6.45) is 2.20. The van der Waals surface area contributed by atoms with E-state index >= 15 is 0 Å². The lowest BCUT2D eigenvalue weighted by atomic mass is 10.2. The van der Waals surface area contributed by atoms with Crippen LogP contribution in [0, 0.1) is 0 Å². The van der Waals surface area contributed by atoms with Crippen LogP contribution in [0.1, 0.15) is 24.7 Å². The third-order valence-corrected chi connectivity index (χ3v) is 5.21. The second-order valence-electron chi connectivity index (χ2n) is 5.73. The summed E-state index contributed by atoms with van der Waals surface area (Å²) < 4.78 is 32.4. The number of anilines is 1. The molecule has 0 atom stereocenters. The van der Waals surface area contributed by atoms with E-state index in [0.717, 1.165) is 18.4 Å². The van der Waals surface area contributed by atoms with Crippen LogP contribution in [0.5, 0.6) is 0 Å². The molecule has 3 aromatic rings. The van der Waals surface area contributed by atoms with E-state index in [0.29, 0.717) is 23.3 Å². The molecular weight excluding hydrogens is 326 g/mol. The summed E-state index contributed by atoms with van der Waals surface area (Å²) in [5.41, 5.74) is 1.27. The fraction of sp³-hybridized carbons (Fsp3) is 0.176. The molecule has 122 valence electrons. The highest BCUT2D eigenvalue weighted by Gasteiger charge is 2.29. The molecule has 7 heteroatoms. The second-order valence-corrected chi connectivity index (χ2v) is 7.41. The van der Waals surface area contributed by atoms with Crippen LogP contribution in [0.4, 0.5) is 5.69 Å². The quantitative estimate of drug-likeness (QED) is 0.768. The molecule has 0 bridgehead atoms. The maximum absolute atomic E-state index is 12.3. The Morgan fingerprint density at radius 3 is 2.38 bits per heavy atom. The van der Waals surface area contributed by atoms with E-state index in [2.05, 4.69) is 14.9 Å². The molecule has 1 aromatic heterocycles. The van der Waals surface area contributed by atoms with Crippen molar-refractivity contribution < 1.29 is 12.9 Å². The molecule has 1 N–H and O–H groups in total. The Morgan fingerprint density at radius 2 is 1.71 bits per heavy atom. The highest BCUT2D eigenvalue weighted by molar-refractivity contribution is 7.92. The molecule has 2 aromatic carbocycles. The van der Waals surface area contributed by atoms with Gasteiger partial charge in [-0.25, -0.2) is 8.42 Å². The summed E-state index contributed by atoms with van der Waals surface area (Å²) in [6, 6.07) is 15.1. The molecule has 4 rings (SSSR count). The van der Waals surface area contributed by atoms with E-state index in [-0.39, 0.29) is 4.90 Å². The number of rotatable bonds is 5. The van der Waals surface area contributed by atoms with Gasteiger partial charge < -0.3 is 4.52 Å². The third-order valence-electron chi connectivity index (χ3n) is 3.82. The van der Waals surface area contributed by atoms with E-state index < -0.39 is 10.0 Å². The molecule has 1 aliphatic rings. The Balaban J connectivity index is 1.53. The number of nitrogens with zero attached hydrogens (tertiary/aromatic N) is 2. The minimum atomic E-state index is -3.59. The maximum atomic E-state index is 12.3. The molecule has 0 saturated heterocycles. The Hall–Kier alpha value is -2.67. The van der Waals surface area contributed by atoms with E-state index in [1.54, 1.807) is 54.6 Å². The largest absolute Gasteiger partial charge is 0.339 e. The normalized spacial score (nSPS) is 14.5. The number of benzene rings is 2. The van der Waals surface area contributed by atoms with Crippen LogP contribution >= 0.6 is 0 Å². The van der Waals surface area contributed by atoms with Crippen LogP contribution in [-0.2, 0) is 10.0 Å². The number of nitrogens with one attached hydrogen (secondary N) is 1. The van der Waals surface area contributed by atoms with Crippen molar-refractivity contribution in [2.75, 3.05) is 4.72 Å². The molecule has 1 saturated carbocycles. The number of aromatic nitrogens is 2. The minimum Gasteiger partial charge on any atom is -0.339 e. The van der Waals surface area contributed by atoms with Gasteiger partial charge >= 0.3 is 0 Å². The third kappa shape index (κ3) is 3.03. The average molecular weight is 341 g/mol. The van der Waals surface area contributed by atoms with Gasteiger partial charge in [-0.15, -0.1) is 0 Å². The Morgan fingerprint density at radius 1 is 1.00 bits per heavy atom. The van der Waals surface area contributed by atoms with Crippen LogP contribution in [0.15, 0.2) is 64.0 Å². The van der Waals surface area contributed by atoms with Crippen molar-refractivity contribution in [2.24, 2.45) is 0 Å². The van der Waals surface area contributed by atoms with E-state index in [1.165, 1.54) is 0 Å². The standard InChI is InChI=1S/C17H15N3O3S/c21-24(22,15-4-2-1-3-5-15)20-14-10-8-12(9-11-14)16-18-17(23-19-16)13-6-7-13/h1-5,8-11,13,20H,6-7H2. The highest BCUT2D eigenvalue weighted by Crippen LogP contribution is 2.39. The molecule has 6 nitrogen and oxygen atoms in total. The van der Waals surface area contributed by atoms with Gasteiger partial charge in [-0.2, -0.15) is 4.98 Å². The summed E-state index contributed by atoms with van der Waals surface area (Å²) in [4.78, 5) is 4.60. The number of hydrogen-bond donors (Lipinski definition) is 1. The summed E-state index contributed by atoms with van der Waals surface area (Å²) in [5, 5.41) is 3.97. The lowest BCUT2D eigenvalue weighted by molar-refractivity contribution is 0.380. The molecular formula is C17H15N3O3S. The van der Waals surface area contributed by atoms with Crippen LogP contribution < -0.4 is 4.72 Å².